The minimum absolute atomic E-state index is 0.0433. The largest absolute Gasteiger partial charge is 0.295 e. The molecule has 0 N–H and O–H groups in total. The van der Waals surface area contributed by atoms with E-state index in [0.717, 1.165) is 31.9 Å². The zero-order valence-electron chi connectivity index (χ0n) is 14.0. The standard InChI is InChI=1S/C18H22N6/c1-14-8-15(2-5-18(14)24-13-20-12-21-24)10-22-6-7-23(16-3-4-16)17(9-19)11-22/h2,5,8,12-13,16-17H,3-4,6-7,10-11H2,1H3. The number of rotatable bonds is 4. The molecule has 6 nitrogen and oxygen atoms in total. The van der Waals surface area contributed by atoms with Crippen LogP contribution in [-0.2, 0) is 6.54 Å². The molecule has 124 valence electrons. The molecule has 1 saturated carbocycles. The third-order valence-corrected chi connectivity index (χ3v) is 5.00. The maximum atomic E-state index is 9.47. The Balaban J connectivity index is 1.44. The van der Waals surface area contributed by atoms with Crippen LogP contribution in [-0.4, -0.2) is 56.3 Å². The van der Waals surface area contributed by atoms with E-state index in [-0.39, 0.29) is 6.04 Å². The van der Waals surface area contributed by atoms with Crippen molar-refractivity contribution in [2.75, 3.05) is 19.6 Å². The average Bonchev–Trinajstić information content (AvgIpc) is 3.29. The minimum atomic E-state index is 0.0433. The van der Waals surface area contributed by atoms with Crippen LogP contribution in [0.4, 0.5) is 0 Å². The molecule has 0 spiro atoms. The van der Waals surface area contributed by atoms with Gasteiger partial charge in [-0.3, -0.25) is 9.80 Å². The first-order valence-electron chi connectivity index (χ1n) is 8.57. The Morgan fingerprint density at radius 2 is 2.17 bits per heavy atom. The van der Waals surface area contributed by atoms with Gasteiger partial charge in [0.05, 0.1) is 11.8 Å². The van der Waals surface area contributed by atoms with Crippen LogP contribution in [0.25, 0.3) is 5.69 Å². The summed E-state index contributed by atoms with van der Waals surface area (Å²) < 4.78 is 1.79. The molecule has 0 radical (unpaired) electrons. The molecule has 6 heteroatoms. The number of nitrogens with zero attached hydrogens (tertiary/aromatic N) is 6. The Morgan fingerprint density at radius 1 is 1.29 bits per heavy atom. The molecule has 2 fully saturated rings. The number of nitriles is 1. The predicted octanol–water partition coefficient (Wildman–Crippen LogP) is 1.75. The highest BCUT2D eigenvalue weighted by atomic mass is 15.3. The molecular formula is C18H22N6. The van der Waals surface area contributed by atoms with E-state index in [9.17, 15) is 5.26 Å². The monoisotopic (exact) mass is 322 g/mol. The van der Waals surface area contributed by atoms with Crippen LogP contribution >= 0.6 is 0 Å². The molecule has 1 saturated heterocycles. The summed E-state index contributed by atoms with van der Waals surface area (Å²) in [5.41, 5.74) is 3.53. The smallest absolute Gasteiger partial charge is 0.138 e. The van der Waals surface area contributed by atoms with Gasteiger partial charge in [0, 0.05) is 32.2 Å². The van der Waals surface area contributed by atoms with Gasteiger partial charge < -0.3 is 0 Å². The van der Waals surface area contributed by atoms with Gasteiger partial charge in [0.25, 0.3) is 0 Å². The molecule has 4 rings (SSSR count). The van der Waals surface area contributed by atoms with Crippen LogP contribution in [0.15, 0.2) is 30.9 Å². The molecule has 2 heterocycles. The first kappa shape index (κ1) is 15.3. The lowest BCUT2D eigenvalue weighted by molar-refractivity contribution is 0.0898. The molecule has 1 aliphatic carbocycles. The molecule has 1 aromatic heterocycles. The molecule has 1 aliphatic heterocycles. The van der Waals surface area contributed by atoms with E-state index in [1.165, 1.54) is 24.0 Å². The predicted molar refractivity (Wildman–Crippen MR) is 90.5 cm³/mol. The van der Waals surface area contributed by atoms with E-state index in [1.54, 1.807) is 17.3 Å². The summed E-state index contributed by atoms with van der Waals surface area (Å²) in [4.78, 5) is 8.81. The number of aryl methyl sites for hydroxylation is 1. The first-order chi connectivity index (χ1) is 11.7. The van der Waals surface area contributed by atoms with Gasteiger partial charge in [-0.25, -0.2) is 9.67 Å². The van der Waals surface area contributed by atoms with Crippen LogP contribution in [0.2, 0.25) is 0 Å². The van der Waals surface area contributed by atoms with Crippen molar-refractivity contribution in [3.63, 3.8) is 0 Å². The second-order valence-corrected chi connectivity index (χ2v) is 6.81. The maximum absolute atomic E-state index is 9.47. The lowest BCUT2D eigenvalue weighted by Crippen LogP contribution is -2.52. The summed E-state index contributed by atoms with van der Waals surface area (Å²) in [7, 11) is 0. The molecule has 2 aliphatic rings. The Kier molecular flexibility index (Phi) is 4.05. The van der Waals surface area contributed by atoms with Gasteiger partial charge in [-0.1, -0.05) is 12.1 Å². The molecule has 1 atom stereocenters. The number of hydrogen-bond acceptors (Lipinski definition) is 5. The topological polar surface area (TPSA) is 61.0 Å². The van der Waals surface area contributed by atoms with E-state index >= 15 is 0 Å². The summed E-state index contributed by atoms with van der Waals surface area (Å²) in [6.07, 6.45) is 5.80. The fourth-order valence-electron chi connectivity index (χ4n) is 3.62. The number of benzene rings is 1. The van der Waals surface area contributed by atoms with Crippen molar-refractivity contribution in [1.29, 1.82) is 5.26 Å². The molecule has 1 unspecified atom stereocenters. The average molecular weight is 322 g/mol. The molecular weight excluding hydrogens is 300 g/mol. The fraction of sp³-hybridized carbons (Fsp3) is 0.500. The second-order valence-electron chi connectivity index (χ2n) is 6.81. The third kappa shape index (κ3) is 3.05. The van der Waals surface area contributed by atoms with Crippen molar-refractivity contribution in [2.45, 2.75) is 38.4 Å². The number of hydrogen-bond donors (Lipinski definition) is 0. The summed E-state index contributed by atoms with van der Waals surface area (Å²) in [5, 5.41) is 13.7. The van der Waals surface area contributed by atoms with Crippen LogP contribution in [0.3, 0.4) is 0 Å². The van der Waals surface area contributed by atoms with Crippen LogP contribution in [0.1, 0.15) is 24.0 Å². The minimum Gasteiger partial charge on any atom is -0.295 e. The SMILES string of the molecule is Cc1cc(CN2CCN(C3CC3)C(C#N)C2)ccc1-n1cncn1. The Hall–Kier alpha value is -2.23. The fourth-order valence-corrected chi connectivity index (χ4v) is 3.62. The van der Waals surface area contributed by atoms with Gasteiger partial charge >= 0.3 is 0 Å². The zero-order chi connectivity index (χ0) is 16.5. The Labute approximate surface area is 142 Å². The van der Waals surface area contributed by atoms with Crippen molar-refractivity contribution in [2.24, 2.45) is 0 Å². The van der Waals surface area contributed by atoms with E-state index < -0.39 is 0 Å². The Morgan fingerprint density at radius 3 is 2.83 bits per heavy atom. The van der Waals surface area contributed by atoms with E-state index in [1.807, 2.05) is 0 Å². The first-order valence-corrected chi connectivity index (χ1v) is 8.57. The van der Waals surface area contributed by atoms with Crippen LogP contribution in [0, 0.1) is 18.3 Å². The third-order valence-electron chi connectivity index (χ3n) is 5.00. The highest BCUT2D eigenvalue weighted by Gasteiger charge is 2.37. The normalized spacial score (nSPS) is 22.4. The highest BCUT2D eigenvalue weighted by molar-refractivity contribution is 5.41. The molecule has 2 aromatic rings. The van der Waals surface area contributed by atoms with E-state index in [0.29, 0.717) is 6.04 Å². The van der Waals surface area contributed by atoms with Gasteiger partial charge in [0.15, 0.2) is 0 Å². The van der Waals surface area contributed by atoms with Gasteiger partial charge in [-0.2, -0.15) is 10.4 Å². The van der Waals surface area contributed by atoms with Gasteiger partial charge in [-0.15, -0.1) is 0 Å². The van der Waals surface area contributed by atoms with E-state index in [4.69, 9.17) is 0 Å². The van der Waals surface area contributed by atoms with Crippen molar-refractivity contribution < 1.29 is 0 Å². The zero-order valence-corrected chi connectivity index (χ0v) is 14.0. The van der Waals surface area contributed by atoms with E-state index in [2.05, 4.69) is 51.1 Å². The Bertz CT molecular complexity index is 743. The summed E-state index contributed by atoms with van der Waals surface area (Å²) in [6.45, 7) is 5.90. The van der Waals surface area contributed by atoms with Crippen LogP contribution < -0.4 is 0 Å². The quantitative estimate of drug-likeness (QED) is 0.858. The summed E-state index contributed by atoms with van der Waals surface area (Å²) in [6, 6.07) is 9.67. The van der Waals surface area contributed by atoms with Crippen molar-refractivity contribution in [1.82, 2.24) is 24.6 Å². The maximum Gasteiger partial charge on any atom is 0.138 e. The van der Waals surface area contributed by atoms with Crippen molar-refractivity contribution in [3.05, 3.63) is 42.0 Å². The van der Waals surface area contributed by atoms with Gasteiger partial charge in [0.2, 0.25) is 0 Å². The summed E-state index contributed by atoms with van der Waals surface area (Å²) in [5.74, 6) is 0. The van der Waals surface area contributed by atoms with Crippen molar-refractivity contribution in [3.8, 4) is 11.8 Å². The van der Waals surface area contributed by atoms with Gasteiger partial charge in [0.1, 0.15) is 18.7 Å². The second kappa shape index (κ2) is 6.34. The molecule has 24 heavy (non-hydrogen) atoms. The van der Waals surface area contributed by atoms with Gasteiger partial charge in [-0.05, 0) is 37.0 Å². The molecule has 0 bridgehead atoms. The van der Waals surface area contributed by atoms with Crippen LogP contribution in [0.5, 0.6) is 0 Å². The lowest BCUT2D eigenvalue weighted by Gasteiger charge is -2.38. The summed E-state index contributed by atoms with van der Waals surface area (Å²) >= 11 is 0. The number of piperazine rings is 1. The highest BCUT2D eigenvalue weighted by Crippen LogP contribution is 2.30. The lowest BCUT2D eigenvalue weighted by atomic mass is 10.1. The number of aromatic nitrogens is 3. The molecule has 1 aromatic carbocycles. The van der Waals surface area contributed by atoms with Crippen molar-refractivity contribution >= 4 is 0 Å². The molecule has 0 amide bonds.